The van der Waals surface area contributed by atoms with Gasteiger partial charge in [0, 0.05) is 88.4 Å². The lowest BCUT2D eigenvalue weighted by Crippen LogP contribution is -2.49. The highest BCUT2D eigenvalue weighted by molar-refractivity contribution is 7.26. The summed E-state index contributed by atoms with van der Waals surface area (Å²) in [5.41, 5.74) is 4.04. The van der Waals surface area contributed by atoms with Crippen molar-refractivity contribution in [1.29, 1.82) is 0 Å². The zero-order valence-corrected chi connectivity index (χ0v) is 24.5. The molecule has 0 saturated carbocycles. The zero-order valence-electron chi connectivity index (χ0n) is 23.7. The standard InChI is InChI=1S/C34H35N3O4S/c38-29-22-31(37-16-20-40-21-17-37)41-33-24(5-3-6-26(29)33)25-8-9-28(32-27-4-1-2-7-30(27)42-34(25)32)36-12-10-23(11-13-36)35-14-18-39-19-15-35/h1-9,22-23H,10-21H2. The molecular formula is C34H35N3O4S. The molecule has 5 aromatic rings. The minimum absolute atomic E-state index is 0.00747. The molecule has 0 spiro atoms. The first kappa shape index (κ1) is 26.2. The van der Waals surface area contributed by atoms with E-state index in [2.05, 4.69) is 57.2 Å². The van der Waals surface area contributed by atoms with Crippen LogP contribution in [0.25, 0.3) is 42.3 Å². The molecule has 0 radical (unpaired) electrons. The van der Waals surface area contributed by atoms with Crippen LogP contribution < -0.4 is 15.2 Å². The van der Waals surface area contributed by atoms with Crippen molar-refractivity contribution in [2.45, 2.75) is 18.9 Å². The van der Waals surface area contributed by atoms with E-state index in [9.17, 15) is 4.79 Å². The smallest absolute Gasteiger partial charge is 0.200 e. The molecule has 0 unspecified atom stereocenters. The van der Waals surface area contributed by atoms with Gasteiger partial charge in [-0.25, -0.2) is 0 Å². The number of hydrogen-bond donors (Lipinski definition) is 0. The number of fused-ring (bicyclic) bond motifs is 4. The molecule has 3 aromatic carbocycles. The quantitative estimate of drug-likeness (QED) is 0.259. The third-order valence-electron chi connectivity index (χ3n) is 9.23. The Balaban J connectivity index is 1.23. The Morgan fingerprint density at radius 1 is 0.714 bits per heavy atom. The van der Waals surface area contributed by atoms with E-state index in [0.29, 0.717) is 49.2 Å². The van der Waals surface area contributed by atoms with Crippen LogP contribution in [0, 0.1) is 0 Å². The third kappa shape index (κ3) is 4.57. The maximum Gasteiger partial charge on any atom is 0.200 e. The lowest BCUT2D eigenvalue weighted by molar-refractivity contribution is 0.0115. The van der Waals surface area contributed by atoms with Crippen molar-refractivity contribution >= 4 is 54.0 Å². The van der Waals surface area contributed by atoms with Crippen molar-refractivity contribution in [2.24, 2.45) is 0 Å². The van der Waals surface area contributed by atoms with Crippen LogP contribution in [0.3, 0.4) is 0 Å². The van der Waals surface area contributed by atoms with E-state index in [-0.39, 0.29) is 5.43 Å². The fraction of sp³-hybridized carbons (Fsp3) is 0.382. The lowest BCUT2D eigenvalue weighted by Gasteiger charge is -2.41. The number of piperidine rings is 1. The van der Waals surface area contributed by atoms with E-state index >= 15 is 0 Å². The monoisotopic (exact) mass is 581 g/mol. The molecule has 8 heteroatoms. The number of morpholine rings is 2. The van der Waals surface area contributed by atoms with Crippen molar-refractivity contribution in [3.8, 4) is 11.1 Å². The SMILES string of the molecule is O=c1cc(N2CCOCC2)oc2c(-c3ccc(N4CCC(N5CCOCC5)CC4)c4c3sc3ccccc34)cccc12. The predicted molar refractivity (Wildman–Crippen MR) is 171 cm³/mol. The highest BCUT2D eigenvalue weighted by atomic mass is 32.1. The second-order valence-corrected chi connectivity index (χ2v) is 12.6. The predicted octanol–water partition coefficient (Wildman–Crippen LogP) is 5.97. The molecule has 3 aliphatic rings. The van der Waals surface area contributed by atoms with Gasteiger partial charge in [0.25, 0.3) is 0 Å². The Bertz CT molecular complexity index is 1810. The fourth-order valence-corrected chi connectivity index (χ4v) is 8.27. The Labute approximate surface area is 248 Å². The molecule has 7 nitrogen and oxygen atoms in total. The number of anilines is 2. The summed E-state index contributed by atoms with van der Waals surface area (Å²) >= 11 is 1.83. The number of thiophene rings is 1. The molecule has 0 aliphatic carbocycles. The van der Waals surface area contributed by atoms with E-state index in [1.54, 1.807) is 6.07 Å². The summed E-state index contributed by atoms with van der Waals surface area (Å²) in [5, 5.41) is 3.22. The van der Waals surface area contributed by atoms with Gasteiger partial charge in [0.1, 0.15) is 5.58 Å². The third-order valence-corrected chi connectivity index (χ3v) is 10.4. The zero-order chi connectivity index (χ0) is 28.0. The maximum absolute atomic E-state index is 13.3. The first-order valence-electron chi connectivity index (χ1n) is 15.2. The summed E-state index contributed by atoms with van der Waals surface area (Å²) in [4.78, 5) is 20.6. The first-order chi connectivity index (χ1) is 20.7. The number of nitrogens with zero attached hydrogens (tertiary/aromatic N) is 3. The van der Waals surface area contributed by atoms with Crippen LogP contribution in [0.5, 0.6) is 0 Å². The van der Waals surface area contributed by atoms with E-state index in [0.717, 1.165) is 50.5 Å². The van der Waals surface area contributed by atoms with Crippen LogP contribution in [-0.2, 0) is 9.47 Å². The van der Waals surface area contributed by atoms with Crippen molar-refractivity contribution in [2.75, 3.05) is 75.5 Å². The minimum atomic E-state index is -0.00747. The van der Waals surface area contributed by atoms with Gasteiger partial charge in [-0.1, -0.05) is 36.4 Å². The minimum Gasteiger partial charge on any atom is -0.440 e. The van der Waals surface area contributed by atoms with Gasteiger partial charge in [-0.05, 0) is 31.0 Å². The number of benzene rings is 3. The Morgan fingerprint density at radius 3 is 2.26 bits per heavy atom. The Kier molecular flexibility index (Phi) is 6.87. The van der Waals surface area contributed by atoms with Gasteiger partial charge in [-0.2, -0.15) is 0 Å². The van der Waals surface area contributed by atoms with Crippen molar-refractivity contribution < 1.29 is 13.9 Å². The second kappa shape index (κ2) is 11.0. The first-order valence-corrected chi connectivity index (χ1v) is 16.0. The normalized spacial score (nSPS) is 19.3. The van der Waals surface area contributed by atoms with Gasteiger partial charge in [-0.15, -0.1) is 11.3 Å². The van der Waals surface area contributed by atoms with Gasteiger partial charge in [-0.3, -0.25) is 9.69 Å². The number of rotatable bonds is 4. The molecule has 3 fully saturated rings. The molecule has 5 heterocycles. The molecule has 0 N–H and O–H groups in total. The molecule has 2 aromatic heterocycles. The van der Waals surface area contributed by atoms with Crippen LogP contribution in [0.15, 0.2) is 69.9 Å². The van der Waals surface area contributed by atoms with Crippen LogP contribution in [0.1, 0.15) is 12.8 Å². The molecule has 3 aliphatic heterocycles. The molecule has 0 bridgehead atoms. The van der Waals surface area contributed by atoms with Gasteiger partial charge >= 0.3 is 0 Å². The fourth-order valence-electron chi connectivity index (χ4n) is 7.02. The van der Waals surface area contributed by atoms with Crippen LogP contribution in [0.4, 0.5) is 11.6 Å². The van der Waals surface area contributed by atoms with Crippen molar-refractivity contribution in [1.82, 2.24) is 4.90 Å². The lowest BCUT2D eigenvalue weighted by atomic mass is 9.97. The Hall–Kier alpha value is -3.43. The highest BCUT2D eigenvalue weighted by Crippen LogP contribution is 2.46. The molecule has 3 saturated heterocycles. The van der Waals surface area contributed by atoms with Gasteiger partial charge in [0.2, 0.25) is 0 Å². The van der Waals surface area contributed by atoms with E-state index in [1.165, 1.54) is 38.7 Å². The highest BCUT2D eigenvalue weighted by Gasteiger charge is 2.28. The van der Waals surface area contributed by atoms with Gasteiger partial charge < -0.3 is 23.7 Å². The van der Waals surface area contributed by atoms with Gasteiger partial charge in [0.05, 0.1) is 31.8 Å². The summed E-state index contributed by atoms with van der Waals surface area (Å²) in [7, 11) is 0. The van der Waals surface area contributed by atoms with Crippen molar-refractivity contribution in [3.05, 3.63) is 70.9 Å². The van der Waals surface area contributed by atoms with Crippen LogP contribution in [-0.4, -0.2) is 76.6 Å². The van der Waals surface area contributed by atoms with Crippen LogP contribution >= 0.6 is 11.3 Å². The molecule has 8 rings (SSSR count). The number of ether oxygens (including phenoxy) is 2. The summed E-state index contributed by atoms with van der Waals surface area (Å²) in [6, 6.07) is 21.5. The summed E-state index contributed by atoms with van der Waals surface area (Å²) in [6.45, 7) is 8.60. The molecule has 0 amide bonds. The number of hydrogen-bond acceptors (Lipinski definition) is 8. The second-order valence-electron chi connectivity index (χ2n) is 11.5. The number of para-hydroxylation sites is 1. The summed E-state index contributed by atoms with van der Waals surface area (Å²) < 4.78 is 20.2. The van der Waals surface area contributed by atoms with E-state index in [4.69, 9.17) is 13.9 Å². The van der Waals surface area contributed by atoms with E-state index in [1.807, 2.05) is 23.5 Å². The van der Waals surface area contributed by atoms with E-state index < -0.39 is 0 Å². The average Bonchev–Trinajstić information content (AvgIpc) is 3.45. The van der Waals surface area contributed by atoms with Crippen LogP contribution in [0.2, 0.25) is 0 Å². The molecule has 42 heavy (non-hydrogen) atoms. The summed E-state index contributed by atoms with van der Waals surface area (Å²) in [6.07, 6.45) is 2.34. The molecule has 0 atom stereocenters. The topological polar surface area (TPSA) is 58.4 Å². The maximum atomic E-state index is 13.3. The Morgan fingerprint density at radius 2 is 1.45 bits per heavy atom. The molecule has 216 valence electrons. The average molecular weight is 582 g/mol. The van der Waals surface area contributed by atoms with Crippen molar-refractivity contribution in [3.63, 3.8) is 0 Å². The molecular weight excluding hydrogens is 546 g/mol. The van der Waals surface area contributed by atoms with Gasteiger partial charge in [0.15, 0.2) is 11.3 Å². The summed E-state index contributed by atoms with van der Waals surface area (Å²) in [5.74, 6) is 0.621. The largest absolute Gasteiger partial charge is 0.440 e.